The van der Waals surface area contributed by atoms with E-state index in [1.165, 1.54) is 17.0 Å². The number of carbonyl (C=O) groups is 2. The van der Waals surface area contributed by atoms with Crippen molar-refractivity contribution in [3.05, 3.63) is 93.0 Å². The molecule has 0 saturated carbocycles. The Hall–Kier alpha value is -3.07. The molecule has 2 amide bonds. The Kier molecular flexibility index (Phi) is 11.2. The number of hydrogen-bond acceptors (Lipinski definition) is 4. The lowest BCUT2D eigenvalue weighted by Crippen LogP contribution is -2.51. The van der Waals surface area contributed by atoms with Gasteiger partial charge in [-0.05, 0) is 81.1 Å². The van der Waals surface area contributed by atoms with Crippen molar-refractivity contribution in [2.75, 3.05) is 17.4 Å². The second kappa shape index (κ2) is 14.2. The molecular weight excluding hydrogens is 581 g/mol. The van der Waals surface area contributed by atoms with Gasteiger partial charge in [0.2, 0.25) is 11.8 Å². The first-order valence-corrected chi connectivity index (χ1v) is 15.7. The third kappa shape index (κ3) is 8.24. The van der Waals surface area contributed by atoms with Crippen molar-refractivity contribution in [2.45, 2.75) is 64.9 Å². The maximum atomic E-state index is 14.1. The summed E-state index contributed by atoms with van der Waals surface area (Å²) in [6.45, 7) is 9.19. The molecule has 41 heavy (non-hydrogen) atoms. The van der Waals surface area contributed by atoms with E-state index >= 15 is 0 Å². The van der Waals surface area contributed by atoms with Crippen molar-refractivity contribution >= 4 is 50.7 Å². The van der Waals surface area contributed by atoms with Crippen LogP contribution in [-0.4, -0.2) is 44.3 Å². The molecule has 3 aromatic carbocycles. The van der Waals surface area contributed by atoms with Crippen molar-refractivity contribution in [1.82, 2.24) is 10.2 Å². The zero-order valence-corrected chi connectivity index (χ0v) is 26.4. The van der Waals surface area contributed by atoms with Gasteiger partial charge in [-0.2, -0.15) is 0 Å². The van der Waals surface area contributed by atoms with E-state index in [0.717, 1.165) is 28.3 Å². The number of halogens is 2. The molecule has 7 nitrogen and oxygen atoms in total. The van der Waals surface area contributed by atoms with Crippen LogP contribution >= 0.6 is 23.2 Å². The van der Waals surface area contributed by atoms with Crippen molar-refractivity contribution in [2.24, 2.45) is 0 Å². The van der Waals surface area contributed by atoms with E-state index in [1.54, 1.807) is 50.2 Å². The van der Waals surface area contributed by atoms with Crippen LogP contribution in [0.15, 0.2) is 65.6 Å². The monoisotopic (exact) mass is 617 g/mol. The third-order valence-corrected chi connectivity index (χ3v) is 9.37. The largest absolute Gasteiger partial charge is 0.354 e. The van der Waals surface area contributed by atoms with Crippen molar-refractivity contribution in [3.63, 3.8) is 0 Å². The summed E-state index contributed by atoms with van der Waals surface area (Å²) >= 11 is 12.3. The average Bonchev–Trinajstić information content (AvgIpc) is 2.93. The number of nitrogens with one attached hydrogen (secondary N) is 1. The smallest absolute Gasteiger partial charge is 0.264 e. The van der Waals surface area contributed by atoms with Crippen LogP contribution in [0.3, 0.4) is 0 Å². The highest BCUT2D eigenvalue weighted by atomic mass is 35.5. The highest BCUT2D eigenvalue weighted by molar-refractivity contribution is 7.92. The molecule has 0 spiro atoms. The summed E-state index contributed by atoms with van der Waals surface area (Å²) in [6, 6.07) is 16.1. The van der Waals surface area contributed by atoms with Gasteiger partial charge in [-0.1, -0.05) is 72.4 Å². The summed E-state index contributed by atoms with van der Waals surface area (Å²) in [7, 11) is -4.14. The van der Waals surface area contributed by atoms with Gasteiger partial charge in [0.05, 0.1) is 20.6 Å². The normalized spacial score (nSPS) is 12.1. The summed E-state index contributed by atoms with van der Waals surface area (Å²) in [5.41, 5.74) is 3.50. The Labute approximate surface area is 253 Å². The van der Waals surface area contributed by atoms with E-state index < -0.39 is 28.5 Å². The fourth-order valence-corrected chi connectivity index (χ4v) is 6.08. The highest BCUT2D eigenvalue weighted by Crippen LogP contribution is 2.29. The number of hydrogen-bond donors (Lipinski definition) is 1. The molecule has 220 valence electrons. The Balaban J connectivity index is 2.06. The number of aryl methyl sites for hydroxylation is 3. The Bertz CT molecular complexity index is 1490. The van der Waals surface area contributed by atoms with Crippen LogP contribution in [-0.2, 0) is 26.2 Å². The summed E-state index contributed by atoms with van der Waals surface area (Å²) < 4.78 is 29.2. The SMILES string of the molecule is CCCCNC(=O)C(C)N(Cc1ccc(Cl)c(Cl)c1)C(=O)CN(c1cc(C)ccc1C)S(=O)(=O)c1ccc(C)cc1. The first-order chi connectivity index (χ1) is 19.3. The van der Waals surface area contributed by atoms with Gasteiger partial charge < -0.3 is 10.2 Å². The number of amides is 2. The molecule has 10 heteroatoms. The summed E-state index contributed by atoms with van der Waals surface area (Å²) in [6.07, 6.45) is 1.71. The molecule has 3 rings (SSSR count). The Morgan fingerprint density at radius 2 is 1.56 bits per heavy atom. The Morgan fingerprint density at radius 1 is 0.902 bits per heavy atom. The maximum Gasteiger partial charge on any atom is 0.264 e. The zero-order valence-electron chi connectivity index (χ0n) is 24.1. The minimum absolute atomic E-state index is 0.0311. The number of rotatable bonds is 12. The minimum atomic E-state index is -4.14. The van der Waals surface area contributed by atoms with Crippen LogP contribution in [0.2, 0.25) is 10.0 Å². The average molecular weight is 619 g/mol. The predicted octanol–water partition coefficient (Wildman–Crippen LogP) is 6.45. The topological polar surface area (TPSA) is 86.8 Å². The lowest BCUT2D eigenvalue weighted by Gasteiger charge is -2.32. The van der Waals surface area contributed by atoms with Gasteiger partial charge in [0, 0.05) is 13.1 Å². The summed E-state index contributed by atoms with van der Waals surface area (Å²) in [4.78, 5) is 28.6. The van der Waals surface area contributed by atoms with Crippen molar-refractivity contribution in [3.8, 4) is 0 Å². The van der Waals surface area contributed by atoms with Gasteiger partial charge in [-0.3, -0.25) is 13.9 Å². The molecule has 0 saturated heterocycles. The molecule has 0 fully saturated rings. The summed E-state index contributed by atoms with van der Waals surface area (Å²) in [5.74, 6) is -0.864. The predicted molar refractivity (Wildman–Crippen MR) is 166 cm³/mol. The molecule has 3 aromatic rings. The van der Waals surface area contributed by atoms with Crippen molar-refractivity contribution < 1.29 is 18.0 Å². The first-order valence-electron chi connectivity index (χ1n) is 13.5. The van der Waals surface area contributed by atoms with Crippen LogP contribution in [0.4, 0.5) is 5.69 Å². The molecule has 1 atom stereocenters. The fraction of sp³-hybridized carbons (Fsp3) is 0.355. The second-order valence-corrected chi connectivity index (χ2v) is 12.9. The van der Waals surface area contributed by atoms with E-state index in [0.29, 0.717) is 33.4 Å². The van der Waals surface area contributed by atoms with Gasteiger partial charge in [0.25, 0.3) is 10.0 Å². The molecule has 0 aliphatic heterocycles. The second-order valence-electron chi connectivity index (χ2n) is 10.2. The fourth-order valence-electron chi connectivity index (χ4n) is 4.29. The molecule has 0 radical (unpaired) electrons. The lowest BCUT2D eigenvalue weighted by molar-refractivity contribution is -0.139. The van der Waals surface area contributed by atoms with E-state index in [2.05, 4.69) is 5.32 Å². The van der Waals surface area contributed by atoms with Gasteiger partial charge >= 0.3 is 0 Å². The van der Waals surface area contributed by atoms with Crippen LogP contribution in [0.1, 0.15) is 48.9 Å². The molecular formula is C31H37Cl2N3O4S. The molecule has 0 aromatic heterocycles. The van der Waals surface area contributed by atoms with Gasteiger partial charge in [-0.15, -0.1) is 0 Å². The molecule has 0 bridgehead atoms. The number of carbonyl (C=O) groups excluding carboxylic acids is 2. The maximum absolute atomic E-state index is 14.1. The zero-order chi connectivity index (χ0) is 30.3. The standard InChI is InChI=1S/C31H37Cl2N3O4S/c1-6-7-16-34-31(38)24(5)35(19-25-12-15-27(32)28(33)18-25)30(37)20-36(29-17-22(3)8-11-23(29)4)41(39,40)26-13-9-21(2)10-14-26/h8-15,17-18,24H,6-7,16,19-20H2,1-5H3,(H,34,38). The van der Waals surface area contributed by atoms with Crippen molar-refractivity contribution in [1.29, 1.82) is 0 Å². The van der Waals surface area contributed by atoms with Gasteiger partial charge in [0.1, 0.15) is 12.6 Å². The molecule has 0 heterocycles. The first kappa shape index (κ1) is 32.4. The number of benzene rings is 3. The van der Waals surface area contributed by atoms with Gasteiger partial charge in [-0.25, -0.2) is 8.42 Å². The summed E-state index contributed by atoms with van der Waals surface area (Å²) in [5, 5.41) is 3.56. The molecule has 1 N–H and O–H groups in total. The molecule has 1 unspecified atom stereocenters. The van der Waals surface area contributed by atoms with Crippen LogP contribution in [0.5, 0.6) is 0 Å². The van der Waals surface area contributed by atoms with Crippen LogP contribution in [0, 0.1) is 20.8 Å². The lowest BCUT2D eigenvalue weighted by atomic mass is 10.1. The van der Waals surface area contributed by atoms with Crippen LogP contribution in [0.25, 0.3) is 0 Å². The number of sulfonamides is 1. The minimum Gasteiger partial charge on any atom is -0.354 e. The molecule has 0 aliphatic carbocycles. The van der Waals surface area contributed by atoms with E-state index in [9.17, 15) is 18.0 Å². The number of nitrogens with zero attached hydrogens (tertiary/aromatic N) is 2. The van der Waals surface area contributed by atoms with E-state index in [-0.39, 0.29) is 17.3 Å². The Morgan fingerprint density at radius 3 is 2.20 bits per heavy atom. The molecule has 0 aliphatic rings. The number of anilines is 1. The van der Waals surface area contributed by atoms with E-state index in [1.807, 2.05) is 32.9 Å². The number of unbranched alkanes of at least 4 members (excludes halogenated alkanes) is 1. The van der Waals surface area contributed by atoms with E-state index in [4.69, 9.17) is 23.2 Å². The third-order valence-electron chi connectivity index (χ3n) is 6.85. The highest BCUT2D eigenvalue weighted by Gasteiger charge is 2.33. The quantitative estimate of drug-likeness (QED) is 0.237. The van der Waals surface area contributed by atoms with Crippen LogP contribution < -0.4 is 9.62 Å². The van der Waals surface area contributed by atoms with Gasteiger partial charge in [0.15, 0.2) is 0 Å².